The molecule has 1 amide bonds. The fourth-order valence-electron chi connectivity index (χ4n) is 2.30. The molecule has 0 radical (unpaired) electrons. The van der Waals surface area contributed by atoms with Crippen molar-refractivity contribution in [3.8, 4) is 0 Å². The van der Waals surface area contributed by atoms with Gasteiger partial charge in [0.15, 0.2) is 0 Å². The largest absolute Gasteiger partial charge is 0.340 e. The number of amides is 1. The van der Waals surface area contributed by atoms with E-state index in [2.05, 4.69) is 26.1 Å². The van der Waals surface area contributed by atoms with Gasteiger partial charge in [0.05, 0.1) is 5.92 Å². The third-order valence-corrected chi connectivity index (χ3v) is 3.20. The second kappa shape index (κ2) is 4.78. The summed E-state index contributed by atoms with van der Waals surface area (Å²) in [6.45, 7) is 7.23. The Bertz CT molecular complexity index is 199. The minimum Gasteiger partial charge on any atom is -0.340 e. The van der Waals surface area contributed by atoms with Crippen molar-refractivity contribution in [1.82, 2.24) is 10.2 Å². The Morgan fingerprint density at radius 2 is 2.21 bits per heavy atom. The van der Waals surface area contributed by atoms with Gasteiger partial charge in [-0.05, 0) is 33.7 Å². The van der Waals surface area contributed by atoms with E-state index in [0.717, 1.165) is 19.4 Å². The fourth-order valence-corrected chi connectivity index (χ4v) is 2.30. The molecule has 2 atom stereocenters. The second-order valence-corrected chi connectivity index (χ2v) is 4.32. The van der Waals surface area contributed by atoms with Gasteiger partial charge in [0.2, 0.25) is 5.91 Å². The molecule has 0 spiro atoms. The summed E-state index contributed by atoms with van der Waals surface area (Å²) in [5.74, 6) is 0.536. The highest BCUT2D eigenvalue weighted by Crippen LogP contribution is 2.24. The lowest BCUT2D eigenvalue weighted by molar-refractivity contribution is -0.133. The van der Waals surface area contributed by atoms with Crippen molar-refractivity contribution >= 4 is 5.91 Å². The summed E-state index contributed by atoms with van der Waals surface area (Å²) < 4.78 is 0. The van der Waals surface area contributed by atoms with Gasteiger partial charge in [-0.3, -0.25) is 4.79 Å². The number of carbonyl (C=O) groups excluding carboxylic acids is 1. The molecule has 1 fully saturated rings. The van der Waals surface area contributed by atoms with Gasteiger partial charge in [-0.15, -0.1) is 0 Å². The molecular formula is C11H22N2O. The Morgan fingerprint density at radius 1 is 1.57 bits per heavy atom. The predicted molar refractivity (Wildman–Crippen MR) is 58.1 cm³/mol. The Kier molecular flexibility index (Phi) is 3.93. The van der Waals surface area contributed by atoms with Crippen LogP contribution in [0.15, 0.2) is 0 Å². The van der Waals surface area contributed by atoms with E-state index in [1.165, 1.54) is 0 Å². The molecule has 0 aromatic carbocycles. The maximum Gasteiger partial charge on any atom is 0.227 e. The topological polar surface area (TPSA) is 32.3 Å². The minimum absolute atomic E-state index is 0.201. The standard InChI is InChI=1S/C11H22N2O/c1-5-10(12-4)9-6-7-13(8(2)3)11(9)14/h8-10,12H,5-7H2,1-4H3. The molecule has 2 unspecified atom stereocenters. The molecule has 1 rings (SSSR count). The van der Waals surface area contributed by atoms with Crippen LogP contribution in [-0.2, 0) is 4.79 Å². The number of likely N-dealkylation sites (tertiary alicyclic amines) is 1. The summed E-state index contributed by atoms with van der Waals surface area (Å²) in [5, 5.41) is 3.24. The summed E-state index contributed by atoms with van der Waals surface area (Å²) in [4.78, 5) is 14.0. The van der Waals surface area contributed by atoms with E-state index in [-0.39, 0.29) is 5.92 Å². The zero-order valence-electron chi connectivity index (χ0n) is 9.71. The van der Waals surface area contributed by atoms with Gasteiger partial charge in [0.1, 0.15) is 0 Å². The van der Waals surface area contributed by atoms with E-state index in [0.29, 0.717) is 18.0 Å². The molecule has 1 heterocycles. The van der Waals surface area contributed by atoms with Crippen molar-refractivity contribution in [2.24, 2.45) is 5.92 Å². The van der Waals surface area contributed by atoms with Crippen LogP contribution in [0.5, 0.6) is 0 Å². The van der Waals surface area contributed by atoms with E-state index in [1.54, 1.807) is 0 Å². The average molecular weight is 198 g/mol. The Balaban J connectivity index is 2.63. The molecule has 0 saturated carbocycles. The monoisotopic (exact) mass is 198 g/mol. The highest BCUT2D eigenvalue weighted by Gasteiger charge is 2.36. The van der Waals surface area contributed by atoms with E-state index in [4.69, 9.17) is 0 Å². The molecular weight excluding hydrogens is 176 g/mol. The third kappa shape index (κ3) is 2.08. The summed E-state index contributed by atoms with van der Waals surface area (Å²) in [7, 11) is 1.94. The third-order valence-electron chi connectivity index (χ3n) is 3.20. The normalized spacial score (nSPS) is 24.8. The zero-order valence-corrected chi connectivity index (χ0v) is 9.71. The Labute approximate surface area is 86.9 Å². The first-order valence-electron chi connectivity index (χ1n) is 5.59. The molecule has 0 aliphatic carbocycles. The predicted octanol–water partition coefficient (Wildman–Crippen LogP) is 1.24. The van der Waals surface area contributed by atoms with E-state index >= 15 is 0 Å². The van der Waals surface area contributed by atoms with Gasteiger partial charge < -0.3 is 10.2 Å². The number of nitrogens with one attached hydrogen (secondary N) is 1. The summed E-state index contributed by atoms with van der Waals surface area (Å²) in [5.41, 5.74) is 0. The van der Waals surface area contributed by atoms with E-state index < -0.39 is 0 Å². The number of hydrogen-bond acceptors (Lipinski definition) is 2. The van der Waals surface area contributed by atoms with Crippen LogP contribution in [0.3, 0.4) is 0 Å². The van der Waals surface area contributed by atoms with Gasteiger partial charge in [0, 0.05) is 18.6 Å². The maximum atomic E-state index is 12.0. The van der Waals surface area contributed by atoms with E-state index in [1.807, 2.05) is 11.9 Å². The number of nitrogens with zero attached hydrogens (tertiary/aromatic N) is 1. The van der Waals surface area contributed by atoms with Crippen molar-refractivity contribution in [2.45, 2.75) is 45.7 Å². The zero-order chi connectivity index (χ0) is 10.7. The molecule has 1 aliphatic heterocycles. The molecule has 1 aliphatic rings. The van der Waals surface area contributed by atoms with Crippen molar-refractivity contribution in [2.75, 3.05) is 13.6 Å². The van der Waals surface area contributed by atoms with Crippen LogP contribution >= 0.6 is 0 Å². The average Bonchev–Trinajstić information content (AvgIpc) is 2.51. The van der Waals surface area contributed by atoms with Gasteiger partial charge >= 0.3 is 0 Å². The van der Waals surface area contributed by atoms with Crippen molar-refractivity contribution in [3.05, 3.63) is 0 Å². The maximum absolute atomic E-state index is 12.0. The van der Waals surface area contributed by atoms with Crippen LogP contribution < -0.4 is 5.32 Å². The first kappa shape index (κ1) is 11.5. The van der Waals surface area contributed by atoms with Crippen molar-refractivity contribution in [3.63, 3.8) is 0 Å². The van der Waals surface area contributed by atoms with Crippen LogP contribution in [0.1, 0.15) is 33.6 Å². The van der Waals surface area contributed by atoms with Crippen LogP contribution in [0.25, 0.3) is 0 Å². The molecule has 1 N–H and O–H groups in total. The smallest absolute Gasteiger partial charge is 0.227 e. The minimum atomic E-state index is 0.201. The van der Waals surface area contributed by atoms with Crippen molar-refractivity contribution in [1.29, 1.82) is 0 Å². The second-order valence-electron chi connectivity index (χ2n) is 4.32. The van der Waals surface area contributed by atoms with Crippen LogP contribution in [-0.4, -0.2) is 36.5 Å². The van der Waals surface area contributed by atoms with Gasteiger partial charge in [-0.25, -0.2) is 0 Å². The number of rotatable bonds is 4. The SMILES string of the molecule is CCC(NC)C1CCN(C(C)C)C1=O. The molecule has 0 bridgehead atoms. The molecule has 14 heavy (non-hydrogen) atoms. The lowest BCUT2D eigenvalue weighted by Crippen LogP contribution is -2.40. The molecule has 0 aromatic heterocycles. The molecule has 1 saturated heterocycles. The van der Waals surface area contributed by atoms with Crippen LogP contribution in [0.4, 0.5) is 0 Å². The summed E-state index contributed by atoms with van der Waals surface area (Å²) in [6, 6.07) is 0.702. The van der Waals surface area contributed by atoms with Crippen molar-refractivity contribution < 1.29 is 4.79 Å². The van der Waals surface area contributed by atoms with Gasteiger partial charge in [-0.2, -0.15) is 0 Å². The van der Waals surface area contributed by atoms with Crippen LogP contribution in [0.2, 0.25) is 0 Å². The van der Waals surface area contributed by atoms with Crippen LogP contribution in [0, 0.1) is 5.92 Å². The molecule has 3 nitrogen and oxygen atoms in total. The Morgan fingerprint density at radius 3 is 2.57 bits per heavy atom. The van der Waals surface area contributed by atoms with Gasteiger partial charge in [0.25, 0.3) is 0 Å². The highest BCUT2D eigenvalue weighted by molar-refractivity contribution is 5.81. The lowest BCUT2D eigenvalue weighted by Gasteiger charge is -2.24. The number of carbonyl (C=O) groups is 1. The van der Waals surface area contributed by atoms with E-state index in [9.17, 15) is 4.79 Å². The first-order valence-corrected chi connectivity index (χ1v) is 5.59. The molecule has 3 heteroatoms. The lowest BCUT2D eigenvalue weighted by atomic mass is 9.96. The van der Waals surface area contributed by atoms with Gasteiger partial charge in [-0.1, -0.05) is 6.92 Å². The fraction of sp³-hybridized carbons (Fsp3) is 0.909. The quantitative estimate of drug-likeness (QED) is 0.737. The first-order chi connectivity index (χ1) is 6.61. The summed E-state index contributed by atoms with van der Waals surface area (Å²) >= 11 is 0. The highest BCUT2D eigenvalue weighted by atomic mass is 16.2. The Hall–Kier alpha value is -0.570. The number of hydrogen-bond donors (Lipinski definition) is 1. The molecule has 0 aromatic rings. The summed E-state index contributed by atoms with van der Waals surface area (Å²) in [6.07, 6.45) is 2.04. The molecule has 82 valence electrons.